The first kappa shape index (κ1) is 50.5. The monoisotopic (exact) mass is 758 g/mol. The summed E-state index contributed by atoms with van der Waals surface area (Å²) in [5.74, 6) is -0.828. The van der Waals surface area contributed by atoms with E-state index in [1.807, 2.05) is 0 Å². The standard InChI is InChI=1S/C42H80NO8P/c1-3-5-7-9-11-13-15-17-18-19-20-21-22-23-25-26-28-30-32-34-41(44)48-38-40(39-50-52(46,47)49-37-36-43)51-42(45)35-33-31-29-27-24-16-14-12-10-8-6-4-2/h11,13,17-18,40H,3-10,12,14-16,19-39,43H2,1-2H3,(H,46,47)/b13-11-,18-17-/t40-/m1/s1. The topological polar surface area (TPSA) is 134 Å². The molecule has 0 aliphatic heterocycles. The second-order valence-electron chi connectivity index (χ2n) is 14.2. The van der Waals surface area contributed by atoms with E-state index in [4.69, 9.17) is 24.3 Å². The highest BCUT2D eigenvalue weighted by molar-refractivity contribution is 7.47. The molecular weight excluding hydrogens is 677 g/mol. The fraction of sp³-hybridized carbons (Fsp3) is 0.857. The van der Waals surface area contributed by atoms with Crippen LogP contribution in [0.15, 0.2) is 24.3 Å². The lowest BCUT2D eigenvalue weighted by atomic mass is 10.0. The van der Waals surface area contributed by atoms with Crippen LogP contribution >= 0.6 is 7.82 Å². The third kappa shape index (κ3) is 38.2. The maximum Gasteiger partial charge on any atom is 0.472 e. The molecule has 10 heteroatoms. The van der Waals surface area contributed by atoms with Gasteiger partial charge in [0.05, 0.1) is 13.2 Å². The van der Waals surface area contributed by atoms with E-state index >= 15 is 0 Å². The van der Waals surface area contributed by atoms with Crippen molar-refractivity contribution in [3.05, 3.63) is 24.3 Å². The molecule has 0 saturated heterocycles. The zero-order valence-electron chi connectivity index (χ0n) is 33.6. The molecule has 0 aromatic rings. The Bertz CT molecular complexity index is 912. The SMILES string of the molecule is CCCCC/C=C\C/C=C\CCCCCCCCCCCC(=O)OC[C@H](COP(=O)(O)OCCN)OC(=O)CCCCCCCCCCCCCC. The van der Waals surface area contributed by atoms with Crippen molar-refractivity contribution >= 4 is 19.8 Å². The van der Waals surface area contributed by atoms with Gasteiger partial charge in [-0.15, -0.1) is 0 Å². The molecule has 3 N–H and O–H groups in total. The number of carbonyl (C=O) groups is 2. The number of ether oxygens (including phenoxy) is 2. The van der Waals surface area contributed by atoms with Crippen molar-refractivity contribution in [3.8, 4) is 0 Å². The zero-order valence-corrected chi connectivity index (χ0v) is 34.4. The Hall–Kier alpha value is -1.51. The van der Waals surface area contributed by atoms with Gasteiger partial charge < -0.3 is 20.1 Å². The molecule has 9 nitrogen and oxygen atoms in total. The minimum Gasteiger partial charge on any atom is -0.462 e. The summed E-state index contributed by atoms with van der Waals surface area (Å²) in [4.78, 5) is 34.8. The minimum atomic E-state index is -4.37. The molecule has 0 aromatic carbocycles. The van der Waals surface area contributed by atoms with Crippen molar-refractivity contribution in [2.45, 2.75) is 206 Å². The van der Waals surface area contributed by atoms with E-state index < -0.39 is 26.5 Å². The summed E-state index contributed by atoms with van der Waals surface area (Å²) < 4.78 is 32.7. The van der Waals surface area contributed by atoms with Gasteiger partial charge in [-0.25, -0.2) is 4.57 Å². The van der Waals surface area contributed by atoms with E-state index in [1.165, 1.54) is 128 Å². The van der Waals surface area contributed by atoms with Gasteiger partial charge in [-0.2, -0.15) is 0 Å². The predicted molar refractivity (Wildman–Crippen MR) is 215 cm³/mol. The number of phosphoric ester groups is 1. The highest BCUT2D eigenvalue weighted by atomic mass is 31.2. The quantitative estimate of drug-likeness (QED) is 0.0271. The molecule has 0 aliphatic rings. The Morgan fingerprint density at radius 2 is 1.00 bits per heavy atom. The average molecular weight is 758 g/mol. The van der Waals surface area contributed by atoms with Crippen LogP contribution in [0.25, 0.3) is 0 Å². The zero-order chi connectivity index (χ0) is 38.2. The van der Waals surface area contributed by atoms with Crippen LogP contribution in [-0.2, 0) is 32.7 Å². The normalized spacial score (nSPS) is 13.5. The van der Waals surface area contributed by atoms with Crippen molar-refractivity contribution in [2.24, 2.45) is 5.73 Å². The summed E-state index contributed by atoms with van der Waals surface area (Å²) in [5, 5.41) is 0. The molecule has 0 rings (SSSR count). The molecule has 0 fully saturated rings. The number of nitrogens with two attached hydrogens (primary N) is 1. The van der Waals surface area contributed by atoms with Crippen molar-refractivity contribution < 1.29 is 37.6 Å². The van der Waals surface area contributed by atoms with E-state index in [0.717, 1.165) is 38.5 Å². The molecule has 0 spiro atoms. The molecule has 0 aliphatic carbocycles. The van der Waals surface area contributed by atoms with Gasteiger partial charge in [0.2, 0.25) is 0 Å². The van der Waals surface area contributed by atoms with Crippen LogP contribution in [0.4, 0.5) is 0 Å². The first-order chi connectivity index (χ1) is 25.3. The lowest BCUT2D eigenvalue weighted by Crippen LogP contribution is -2.29. The molecule has 0 saturated carbocycles. The number of hydrogen-bond donors (Lipinski definition) is 2. The van der Waals surface area contributed by atoms with Gasteiger partial charge in [0.15, 0.2) is 6.10 Å². The van der Waals surface area contributed by atoms with Gasteiger partial charge >= 0.3 is 19.8 Å². The van der Waals surface area contributed by atoms with E-state index in [9.17, 15) is 19.0 Å². The summed E-state index contributed by atoms with van der Waals surface area (Å²) in [7, 11) is -4.37. The van der Waals surface area contributed by atoms with Crippen LogP contribution in [0, 0.1) is 0 Å². The van der Waals surface area contributed by atoms with E-state index in [0.29, 0.717) is 6.42 Å². The van der Waals surface area contributed by atoms with E-state index in [-0.39, 0.29) is 38.6 Å². The molecule has 0 aromatic heterocycles. The van der Waals surface area contributed by atoms with Crippen LogP contribution in [0.2, 0.25) is 0 Å². The van der Waals surface area contributed by atoms with Crippen molar-refractivity contribution in [2.75, 3.05) is 26.4 Å². The van der Waals surface area contributed by atoms with Crippen LogP contribution < -0.4 is 5.73 Å². The maximum atomic E-state index is 12.5. The lowest BCUT2D eigenvalue weighted by molar-refractivity contribution is -0.161. The van der Waals surface area contributed by atoms with Crippen LogP contribution in [0.5, 0.6) is 0 Å². The van der Waals surface area contributed by atoms with Crippen molar-refractivity contribution in [1.29, 1.82) is 0 Å². The summed E-state index contributed by atoms with van der Waals surface area (Å²) >= 11 is 0. The molecule has 0 radical (unpaired) electrons. The second-order valence-corrected chi connectivity index (χ2v) is 15.7. The highest BCUT2D eigenvalue weighted by Gasteiger charge is 2.26. The lowest BCUT2D eigenvalue weighted by Gasteiger charge is -2.19. The fourth-order valence-corrected chi connectivity index (χ4v) is 6.67. The molecular formula is C42H80NO8P. The third-order valence-corrected chi connectivity index (χ3v) is 10.1. The van der Waals surface area contributed by atoms with Crippen LogP contribution in [0.3, 0.4) is 0 Å². The molecule has 306 valence electrons. The first-order valence-electron chi connectivity index (χ1n) is 21.3. The van der Waals surface area contributed by atoms with Crippen molar-refractivity contribution in [3.63, 3.8) is 0 Å². The fourth-order valence-electron chi connectivity index (χ4n) is 5.90. The van der Waals surface area contributed by atoms with Gasteiger partial charge in [-0.05, 0) is 44.9 Å². The largest absolute Gasteiger partial charge is 0.472 e. The Balaban J connectivity index is 4.11. The number of rotatable bonds is 40. The Morgan fingerprint density at radius 1 is 0.577 bits per heavy atom. The molecule has 0 amide bonds. The Morgan fingerprint density at radius 3 is 1.50 bits per heavy atom. The summed E-state index contributed by atoms with van der Waals surface area (Å²) in [5.41, 5.74) is 5.34. The molecule has 1 unspecified atom stereocenters. The number of esters is 2. The molecule has 2 atom stereocenters. The number of hydrogen-bond acceptors (Lipinski definition) is 8. The molecule has 52 heavy (non-hydrogen) atoms. The van der Waals surface area contributed by atoms with Gasteiger partial charge in [0, 0.05) is 19.4 Å². The summed E-state index contributed by atoms with van der Waals surface area (Å²) in [6.07, 6.45) is 40.6. The predicted octanol–water partition coefficient (Wildman–Crippen LogP) is 12.0. The van der Waals surface area contributed by atoms with Crippen LogP contribution in [-0.4, -0.2) is 49.3 Å². The Kier molecular flexibility index (Phi) is 38.1. The number of allylic oxidation sites excluding steroid dienone is 4. The number of phosphoric acid groups is 1. The molecule has 0 heterocycles. The Labute approximate surface area is 319 Å². The van der Waals surface area contributed by atoms with E-state index in [1.54, 1.807) is 0 Å². The van der Waals surface area contributed by atoms with Crippen LogP contribution in [0.1, 0.15) is 200 Å². The average Bonchev–Trinajstić information content (AvgIpc) is 3.13. The summed E-state index contributed by atoms with van der Waals surface area (Å²) in [6.45, 7) is 3.71. The molecule has 0 bridgehead atoms. The van der Waals surface area contributed by atoms with Crippen molar-refractivity contribution in [1.82, 2.24) is 0 Å². The minimum absolute atomic E-state index is 0.0545. The number of unbranched alkanes of at least 4 members (excludes halogenated alkanes) is 23. The number of carbonyl (C=O) groups excluding carboxylic acids is 2. The summed E-state index contributed by atoms with van der Waals surface area (Å²) in [6, 6.07) is 0. The van der Waals surface area contributed by atoms with Gasteiger partial charge in [0.1, 0.15) is 6.61 Å². The second kappa shape index (κ2) is 39.2. The van der Waals surface area contributed by atoms with Gasteiger partial charge in [-0.1, -0.05) is 167 Å². The highest BCUT2D eigenvalue weighted by Crippen LogP contribution is 2.43. The van der Waals surface area contributed by atoms with E-state index in [2.05, 4.69) is 38.2 Å². The first-order valence-corrected chi connectivity index (χ1v) is 22.8. The smallest absolute Gasteiger partial charge is 0.462 e. The third-order valence-electron chi connectivity index (χ3n) is 9.09. The van der Waals surface area contributed by atoms with Gasteiger partial charge in [0.25, 0.3) is 0 Å². The maximum absolute atomic E-state index is 12.5. The van der Waals surface area contributed by atoms with Gasteiger partial charge in [-0.3, -0.25) is 18.6 Å².